The summed E-state index contributed by atoms with van der Waals surface area (Å²) in [6.45, 7) is 2.54. The number of urea groups is 1. The number of imide groups is 1. The molecule has 0 aromatic heterocycles. The maximum absolute atomic E-state index is 12.7. The van der Waals surface area contributed by atoms with Crippen LogP contribution in [0.3, 0.4) is 0 Å². The first kappa shape index (κ1) is 18.0. The van der Waals surface area contributed by atoms with Gasteiger partial charge in [-0.2, -0.15) is 5.01 Å². The SMILES string of the molecule is COCCNC(=S)NN1C(=O)N[C@](C)(c2cccc(OC)c2)C1=O. The third-order valence-corrected chi connectivity index (χ3v) is 3.88. The van der Waals surface area contributed by atoms with Crippen molar-refractivity contribution < 1.29 is 19.1 Å². The molecule has 3 N–H and O–H groups in total. The Morgan fingerprint density at radius 3 is 2.79 bits per heavy atom. The van der Waals surface area contributed by atoms with Crippen molar-refractivity contribution in [1.29, 1.82) is 0 Å². The summed E-state index contributed by atoms with van der Waals surface area (Å²) in [5, 5.41) is 6.54. The van der Waals surface area contributed by atoms with Crippen LogP contribution >= 0.6 is 12.2 Å². The summed E-state index contributed by atoms with van der Waals surface area (Å²) in [6, 6.07) is 6.39. The number of thiocarbonyl (C=S) groups is 1. The second kappa shape index (κ2) is 7.45. The summed E-state index contributed by atoms with van der Waals surface area (Å²) in [5.74, 6) is 0.135. The third-order valence-electron chi connectivity index (χ3n) is 3.64. The first-order valence-corrected chi connectivity index (χ1v) is 7.68. The number of hydrogen-bond acceptors (Lipinski definition) is 5. The number of carbonyl (C=O) groups is 2. The van der Waals surface area contributed by atoms with E-state index in [0.717, 1.165) is 5.01 Å². The average Bonchev–Trinajstić information content (AvgIpc) is 2.79. The zero-order chi connectivity index (χ0) is 17.7. The van der Waals surface area contributed by atoms with E-state index >= 15 is 0 Å². The molecule has 1 aliphatic heterocycles. The Balaban J connectivity index is 2.13. The van der Waals surface area contributed by atoms with Crippen molar-refractivity contribution in [3.8, 4) is 5.75 Å². The van der Waals surface area contributed by atoms with E-state index in [9.17, 15) is 9.59 Å². The van der Waals surface area contributed by atoms with Gasteiger partial charge in [0.15, 0.2) is 5.11 Å². The molecule has 0 spiro atoms. The summed E-state index contributed by atoms with van der Waals surface area (Å²) < 4.78 is 10.1. The van der Waals surface area contributed by atoms with Crippen LogP contribution in [0.15, 0.2) is 24.3 Å². The Kier molecular flexibility index (Phi) is 5.58. The topological polar surface area (TPSA) is 91.9 Å². The van der Waals surface area contributed by atoms with Gasteiger partial charge in [-0.1, -0.05) is 12.1 Å². The Labute approximate surface area is 145 Å². The molecule has 1 aromatic rings. The summed E-state index contributed by atoms with van der Waals surface area (Å²) in [7, 11) is 3.10. The normalized spacial score (nSPS) is 19.9. The fourth-order valence-corrected chi connectivity index (χ4v) is 2.47. The Bertz CT molecular complexity index is 654. The van der Waals surface area contributed by atoms with Crippen LogP contribution in [0.4, 0.5) is 4.79 Å². The highest BCUT2D eigenvalue weighted by Gasteiger charge is 2.49. The lowest BCUT2D eigenvalue weighted by Gasteiger charge is -2.23. The van der Waals surface area contributed by atoms with Crippen molar-refractivity contribution >= 4 is 29.3 Å². The summed E-state index contributed by atoms with van der Waals surface area (Å²) in [5.41, 5.74) is 2.00. The molecule has 130 valence electrons. The molecule has 2 rings (SSSR count). The molecule has 1 saturated heterocycles. The lowest BCUT2D eigenvalue weighted by atomic mass is 9.92. The van der Waals surface area contributed by atoms with E-state index < -0.39 is 17.5 Å². The molecule has 0 unspecified atom stereocenters. The highest BCUT2D eigenvalue weighted by atomic mass is 32.1. The molecule has 0 bridgehead atoms. The standard InChI is InChI=1S/C15H20N4O4S/c1-15(10-5-4-6-11(9-10)23-3)12(20)19(14(21)17-15)18-13(24)16-7-8-22-2/h4-6,9H,7-8H2,1-3H3,(H,17,21)(H2,16,18,24)/t15-/m1/s1. The van der Waals surface area contributed by atoms with Gasteiger partial charge in [-0.3, -0.25) is 10.2 Å². The van der Waals surface area contributed by atoms with E-state index in [0.29, 0.717) is 24.5 Å². The van der Waals surface area contributed by atoms with E-state index in [1.54, 1.807) is 38.3 Å². The second-order valence-corrected chi connectivity index (χ2v) is 5.70. The number of methoxy groups -OCH3 is 2. The number of hydrazine groups is 1. The number of hydrogen-bond donors (Lipinski definition) is 3. The van der Waals surface area contributed by atoms with Crippen molar-refractivity contribution in [2.75, 3.05) is 27.4 Å². The molecule has 1 aliphatic rings. The number of benzene rings is 1. The van der Waals surface area contributed by atoms with Crippen LogP contribution in [0.2, 0.25) is 0 Å². The number of carbonyl (C=O) groups excluding carboxylic acids is 2. The minimum atomic E-state index is -1.21. The van der Waals surface area contributed by atoms with Crippen LogP contribution < -0.4 is 20.8 Å². The van der Waals surface area contributed by atoms with E-state index in [1.807, 2.05) is 0 Å². The number of ether oxygens (including phenoxy) is 2. The summed E-state index contributed by atoms with van der Waals surface area (Å²) in [6.07, 6.45) is 0. The summed E-state index contributed by atoms with van der Waals surface area (Å²) in [4.78, 5) is 24.9. The number of nitrogens with one attached hydrogen (secondary N) is 3. The quantitative estimate of drug-likeness (QED) is 0.390. The number of amides is 3. The molecule has 0 saturated carbocycles. The molecule has 8 nitrogen and oxygen atoms in total. The van der Waals surface area contributed by atoms with Crippen LogP contribution in [0.25, 0.3) is 0 Å². The monoisotopic (exact) mass is 352 g/mol. The van der Waals surface area contributed by atoms with Crippen LogP contribution in [0.1, 0.15) is 12.5 Å². The van der Waals surface area contributed by atoms with Crippen molar-refractivity contribution in [2.45, 2.75) is 12.5 Å². The van der Waals surface area contributed by atoms with Crippen LogP contribution in [-0.4, -0.2) is 49.4 Å². The first-order valence-electron chi connectivity index (χ1n) is 7.27. The number of nitrogens with zero attached hydrogens (tertiary/aromatic N) is 1. The van der Waals surface area contributed by atoms with Gasteiger partial charge >= 0.3 is 6.03 Å². The van der Waals surface area contributed by atoms with Gasteiger partial charge in [-0.25, -0.2) is 4.79 Å². The average molecular weight is 352 g/mol. The minimum Gasteiger partial charge on any atom is -0.497 e. The second-order valence-electron chi connectivity index (χ2n) is 5.29. The van der Waals surface area contributed by atoms with Gasteiger partial charge in [-0.05, 0) is 36.8 Å². The smallest absolute Gasteiger partial charge is 0.344 e. The summed E-state index contributed by atoms with van der Waals surface area (Å²) >= 11 is 5.07. The molecule has 1 fully saturated rings. The molecule has 1 heterocycles. The predicted molar refractivity (Wildman–Crippen MR) is 91.3 cm³/mol. The highest BCUT2D eigenvalue weighted by Crippen LogP contribution is 2.30. The minimum absolute atomic E-state index is 0.158. The van der Waals surface area contributed by atoms with Crippen LogP contribution in [0, 0.1) is 0 Å². The molecule has 24 heavy (non-hydrogen) atoms. The molecular weight excluding hydrogens is 332 g/mol. The molecule has 3 amide bonds. The molecule has 9 heteroatoms. The molecule has 0 aliphatic carbocycles. The predicted octanol–water partition coefficient (Wildman–Crippen LogP) is 0.488. The largest absolute Gasteiger partial charge is 0.497 e. The van der Waals surface area contributed by atoms with Crippen molar-refractivity contribution in [1.82, 2.24) is 21.1 Å². The van der Waals surface area contributed by atoms with Gasteiger partial charge in [0.25, 0.3) is 5.91 Å². The van der Waals surface area contributed by atoms with Gasteiger partial charge in [0.05, 0.1) is 13.7 Å². The first-order chi connectivity index (χ1) is 11.4. The maximum atomic E-state index is 12.7. The van der Waals surface area contributed by atoms with Crippen LogP contribution in [-0.2, 0) is 15.1 Å². The highest BCUT2D eigenvalue weighted by molar-refractivity contribution is 7.80. The van der Waals surface area contributed by atoms with E-state index in [1.165, 1.54) is 7.11 Å². The van der Waals surface area contributed by atoms with E-state index in [4.69, 9.17) is 21.7 Å². The van der Waals surface area contributed by atoms with E-state index in [-0.39, 0.29) is 5.11 Å². The zero-order valence-corrected chi connectivity index (χ0v) is 14.5. The lowest BCUT2D eigenvalue weighted by Crippen LogP contribution is -2.51. The van der Waals surface area contributed by atoms with Gasteiger partial charge in [0, 0.05) is 13.7 Å². The zero-order valence-electron chi connectivity index (χ0n) is 13.7. The van der Waals surface area contributed by atoms with E-state index in [2.05, 4.69) is 16.1 Å². The molecule has 1 aromatic carbocycles. The Hall–Kier alpha value is -2.39. The Morgan fingerprint density at radius 1 is 1.38 bits per heavy atom. The fourth-order valence-electron chi connectivity index (χ4n) is 2.28. The van der Waals surface area contributed by atoms with Crippen molar-refractivity contribution in [3.05, 3.63) is 29.8 Å². The van der Waals surface area contributed by atoms with Crippen LogP contribution in [0.5, 0.6) is 5.75 Å². The molecule has 1 atom stereocenters. The van der Waals surface area contributed by atoms with Crippen molar-refractivity contribution in [2.24, 2.45) is 0 Å². The van der Waals surface area contributed by atoms with Gasteiger partial charge in [-0.15, -0.1) is 0 Å². The lowest BCUT2D eigenvalue weighted by molar-refractivity contribution is -0.132. The molecular formula is C15H20N4O4S. The van der Waals surface area contributed by atoms with Crippen molar-refractivity contribution in [3.63, 3.8) is 0 Å². The fraction of sp³-hybridized carbons (Fsp3) is 0.400. The van der Waals surface area contributed by atoms with Gasteiger partial charge in [0.2, 0.25) is 0 Å². The van der Waals surface area contributed by atoms with Gasteiger partial charge < -0.3 is 20.1 Å². The molecule has 0 radical (unpaired) electrons. The maximum Gasteiger partial charge on any atom is 0.344 e. The third kappa shape index (κ3) is 3.57. The van der Waals surface area contributed by atoms with Gasteiger partial charge in [0.1, 0.15) is 11.3 Å². The number of rotatable bonds is 6. The Morgan fingerprint density at radius 2 is 2.12 bits per heavy atom.